The quantitative estimate of drug-likeness (QED) is 0.611. The Bertz CT molecular complexity index is 815. The summed E-state index contributed by atoms with van der Waals surface area (Å²) < 4.78 is 20.6. The zero-order valence-electron chi connectivity index (χ0n) is 13.5. The molecule has 2 aromatic carbocycles. The number of hydrogen-bond donors (Lipinski definition) is 0. The zero-order valence-corrected chi connectivity index (χ0v) is 13.5. The minimum atomic E-state index is -0.514. The normalized spacial score (nSPS) is 10.3. The molecule has 1 heterocycles. The Morgan fingerprint density at radius 2 is 1.80 bits per heavy atom. The maximum absolute atomic E-state index is 11.7. The molecule has 3 aromatic rings. The molecule has 0 atom stereocenters. The molecule has 1 aromatic heterocycles. The minimum Gasteiger partial charge on any atom is -0.497 e. The molecule has 0 unspecified atom stereocenters. The second-order valence-electron chi connectivity index (χ2n) is 5.01. The first-order valence-corrected chi connectivity index (χ1v) is 7.55. The van der Waals surface area contributed by atoms with Gasteiger partial charge in [0.25, 0.3) is 5.89 Å². The van der Waals surface area contributed by atoms with Crippen LogP contribution in [0.3, 0.4) is 0 Å². The van der Waals surface area contributed by atoms with Crippen LogP contribution in [-0.2, 0) is 16.1 Å². The van der Waals surface area contributed by atoms with E-state index in [-0.39, 0.29) is 19.0 Å². The Morgan fingerprint density at radius 3 is 2.52 bits per heavy atom. The topological polar surface area (TPSA) is 83.7 Å². The number of rotatable bonds is 7. The van der Waals surface area contributed by atoms with E-state index in [1.807, 2.05) is 18.2 Å². The first-order valence-electron chi connectivity index (χ1n) is 7.55. The van der Waals surface area contributed by atoms with Crippen LogP contribution in [0.4, 0.5) is 0 Å². The fourth-order valence-electron chi connectivity index (χ4n) is 2.01. The van der Waals surface area contributed by atoms with Gasteiger partial charge in [0, 0.05) is 5.56 Å². The van der Waals surface area contributed by atoms with Crippen LogP contribution < -0.4 is 9.47 Å². The molecule has 0 radical (unpaired) electrons. The lowest BCUT2D eigenvalue weighted by Crippen LogP contribution is -2.15. The number of ether oxygens (including phenoxy) is 3. The molecule has 7 heteroatoms. The summed E-state index contributed by atoms with van der Waals surface area (Å²) in [7, 11) is 1.59. The lowest BCUT2D eigenvalue weighted by Gasteiger charge is -2.05. The van der Waals surface area contributed by atoms with E-state index in [1.54, 1.807) is 43.5 Å². The van der Waals surface area contributed by atoms with Crippen molar-refractivity contribution in [2.24, 2.45) is 0 Å². The van der Waals surface area contributed by atoms with Crippen LogP contribution in [0.1, 0.15) is 5.82 Å². The number of carbonyl (C=O) groups is 1. The zero-order chi connectivity index (χ0) is 17.5. The van der Waals surface area contributed by atoms with Crippen LogP contribution in [0.15, 0.2) is 59.1 Å². The van der Waals surface area contributed by atoms with E-state index in [0.29, 0.717) is 11.6 Å². The highest BCUT2D eigenvalue weighted by Gasteiger charge is 2.11. The molecular formula is C18H16N2O5. The fraction of sp³-hybridized carbons (Fsp3) is 0.167. The van der Waals surface area contributed by atoms with Crippen molar-refractivity contribution in [3.8, 4) is 23.0 Å². The number of benzene rings is 2. The van der Waals surface area contributed by atoms with Crippen molar-refractivity contribution in [2.75, 3.05) is 13.7 Å². The third-order valence-corrected chi connectivity index (χ3v) is 3.27. The van der Waals surface area contributed by atoms with E-state index in [9.17, 15) is 4.79 Å². The first-order chi connectivity index (χ1) is 12.2. The molecule has 7 nitrogen and oxygen atoms in total. The maximum Gasteiger partial charge on any atom is 0.344 e. The van der Waals surface area contributed by atoms with Gasteiger partial charge in [-0.1, -0.05) is 23.4 Å². The Balaban J connectivity index is 1.50. The Hall–Kier alpha value is -3.35. The van der Waals surface area contributed by atoms with Crippen molar-refractivity contribution in [3.05, 3.63) is 60.4 Å². The summed E-state index contributed by atoms with van der Waals surface area (Å²) in [4.78, 5) is 15.9. The third-order valence-electron chi connectivity index (χ3n) is 3.27. The van der Waals surface area contributed by atoms with Gasteiger partial charge in [-0.25, -0.2) is 4.79 Å². The molecular weight excluding hydrogens is 324 g/mol. The third kappa shape index (κ3) is 4.57. The molecule has 0 bridgehead atoms. The predicted octanol–water partition coefficient (Wildman–Crippen LogP) is 2.87. The molecule has 0 fully saturated rings. The molecule has 0 amide bonds. The van der Waals surface area contributed by atoms with E-state index < -0.39 is 5.97 Å². The summed E-state index contributed by atoms with van der Waals surface area (Å²) in [5.74, 6) is 1.43. The van der Waals surface area contributed by atoms with Crippen molar-refractivity contribution in [3.63, 3.8) is 0 Å². The molecule has 0 spiro atoms. The maximum atomic E-state index is 11.7. The standard InChI is InChI=1S/C18H16N2O5/c1-22-14-9-7-13(8-10-14)18-19-16(20-25-18)11-24-17(21)12-23-15-5-3-2-4-6-15/h2-10H,11-12H2,1H3. The van der Waals surface area contributed by atoms with Crippen LogP contribution >= 0.6 is 0 Å². The van der Waals surface area contributed by atoms with Gasteiger partial charge >= 0.3 is 5.97 Å². The van der Waals surface area contributed by atoms with Gasteiger partial charge in [-0.05, 0) is 36.4 Å². The summed E-state index contributed by atoms with van der Waals surface area (Å²) in [5.41, 5.74) is 0.748. The number of para-hydroxylation sites is 1. The van der Waals surface area contributed by atoms with Gasteiger partial charge in [-0.3, -0.25) is 0 Å². The van der Waals surface area contributed by atoms with Crippen LogP contribution in [0.25, 0.3) is 11.5 Å². The second kappa shape index (κ2) is 7.96. The smallest absolute Gasteiger partial charge is 0.344 e. The van der Waals surface area contributed by atoms with Crippen LogP contribution in [-0.4, -0.2) is 29.8 Å². The van der Waals surface area contributed by atoms with Gasteiger partial charge < -0.3 is 18.7 Å². The van der Waals surface area contributed by atoms with Gasteiger partial charge in [0.2, 0.25) is 5.82 Å². The number of methoxy groups -OCH3 is 1. The predicted molar refractivity (Wildman–Crippen MR) is 88.0 cm³/mol. The van der Waals surface area contributed by atoms with Gasteiger partial charge in [-0.15, -0.1) is 0 Å². The van der Waals surface area contributed by atoms with E-state index in [4.69, 9.17) is 18.7 Å². The first kappa shape index (κ1) is 16.5. The van der Waals surface area contributed by atoms with E-state index in [0.717, 1.165) is 11.3 Å². The average molecular weight is 340 g/mol. The summed E-state index contributed by atoms with van der Waals surface area (Å²) in [6, 6.07) is 16.2. The van der Waals surface area contributed by atoms with E-state index in [1.165, 1.54) is 0 Å². The van der Waals surface area contributed by atoms with Gasteiger partial charge in [0.15, 0.2) is 13.2 Å². The molecule has 0 aliphatic rings. The van der Waals surface area contributed by atoms with Crippen molar-refractivity contribution < 1.29 is 23.5 Å². The molecule has 0 aliphatic heterocycles. The van der Waals surface area contributed by atoms with E-state index in [2.05, 4.69) is 10.1 Å². The largest absolute Gasteiger partial charge is 0.497 e. The number of carbonyl (C=O) groups excluding carboxylic acids is 1. The number of aromatic nitrogens is 2. The number of nitrogens with zero attached hydrogens (tertiary/aromatic N) is 2. The van der Waals surface area contributed by atoms with Crippen molar-refractivity contribution in [1.29, 1.82) is 0 Å². The second-order valence-corrected chi connectivity index (χ2v) is 5.01. The lowest BCUT2D eigenvalue weighted by atomic mass is 10.2. The Morgan fingerprint density at radius 1 is 1.04 bits per heavy atom. The highest BCUT2D eigenvalue weighted by atomic mass is 16.6. The number of hydrogen-bond acceptors (Lipinski definition) is 7. The molecule has 0 N–H and O–H groups in total. The van der Waals surface area contributed by atoms with Crippen molar-refractivity contribution in [1.82, 2.24) is 10.1 Å². The highest BCUT2D eigenvalue weighted by molar-refractivity contribution is 5.71. The van der Waals surface area contributed by atoms with Gasteiger partial charge in [0.1, 0.15) is 11.5 Å². The highest BCUT2D eigenvalue weighted by Crippen LogP contribution is 2.20. The number of esters is 1. The lowest BCUT2D eigenvalue weighted by molar-refractivity contribution is -0.147. The Kier molecular flexibility index (Phi) is 5.26. The Labute approximate surface area is 144 Å². The average Bonchev–Trinajstić information content (AvgIpc) is 3.14. The molecule has 0 saturated heterocycles. The van der Waals surface area contributed by atoms with Crippen molar-refractivity contribution in [2.45, 2.75) is 6.61 Å². The van der Waals surface area contributed by atoms with Crippen molar-refractivity contribution >= 4 is 5.97 Å². The fourth-order valence-corrected chi connectivity index (χ4v) is 2.01. The minimum absolute atomic E-state index is 0.0867. The van der Waals surface area contributed by atoms with Crippen LogP contribution in [0.2, 0.25) is 0 Å². The summed E-state index contributed by atoms with van der Waals surface area (Å²) >= 11 is 0. The van der Waals surface area contributed by atoms with Crippen LogP contribution in [0, 0.1) is 0 Å². The van der Waals surface area contributed by atoms with Gasteiger partial charge in [-0.2, -0.15) is 4.98 Å². The molecule has 25 heavy (non-hydrogen) atoms. The molecule has 0 aliphatic carbocycles. The molecule has 0 saturated carbocycles. The summed E-state index contributed by atoms with van der Waals surface area (Å²) in [6.07, 6.45) is 0. The van der Waals surface area contributed by atoms with Crippen LogP contribution in [0.5, 0.6) is 11.5 Å². The molecule has 3 rings (SSSR count). The van der Waals surface area contributed by atoms with Gasteiger partial charge in [0.05, 0.1) is 7.11 Å². The summed E-state index contributed by atoms with van der Waals surface area (Å²) in [6.45, 7) is -0.274. The SMILES string of the molecule is COc1ccc(-c2nc(COC(=O)COc3ccccc3)no2)cc1. The van der Waals surface area contributed by atoms with E-state index >= 15 is 0 Å². The molecule has 128 valence electrons. The summed E-state index contributed by atoms with van der Waals surface area (Å²) in [5, 5.41) is 3.79. The monoisotopic (exact) mass is 340 g/mol.